The molecular formula is C14H21N3O3S. The van der Waals surface area contributed by atoms with Gasteiger partial charge in [0, 0.05) is 24.8 Å². The second-order valence-corrected chi connectivity index (χ2v) is 7.19. The lowest BCUT2D eigenvalue weighted by atomic mass is 9.87. The van der Waals surface area contributed by atoms with E-state index in [1.54, 1.807) is 0 Å². The van der Waals surface area contributed by atoms with Gasteiger partial charge < -0.3 is 10.6 Å². The number of fused-ring (bicyclic) bond motifs is 1. The average Bonchev–Trinajstić information content (AvgIpc) is 2.41. The predicted molar refractivity (Wildman–Crippen MR) is 82.6 cm³/mol. The molecule has 0 aliphatic carbocycles. The van der Waals surface area contributed by atoms with Crippen molar-refractivity contribution in [2.24, 2.45) is 5.92 Å². The number of carbonyl (C=O) groups excluding carboxylic acids is 1. The molecule has 0 fully saturated rings. The molecule has 7 heteroatoms. The van der Waals surface area contributed by atoms with Gasteiger partial charge in [-0.05, 0) is 25.0 Å². The Morgan fingerprint density at radius 1 is 1.33 bits per heavy atom. The fourth-order valence-electron chi connectivity index (χ4n) is 2.47. The van der Waals surface area contributed by atoms with E-state index in [2.05, 4.69) is 15.4 Å². The summed E-state index contributed by atoms with van der Waals surface area (Å²) in [6, 6.07) is 8.00. The van der Waals surface area contributed by atoms with Crippen LogP contribution in [0.3, 0.4) is 0 Å². The Bertz CT molecular complexity index is 616. The van der Waals surface area contributed by atoms with E-state index in [0.717, 1.165) is 17.5 Å². The molecule has 2 atom stereocenters. The fraction of sp³-hybridized carbons (Fsp3) is 0.500. The molecule has 1 aromatic carbocycles. The molecule has 3 N–H and O–H groups in total. The lowest BCUT2D eigenvalue weighted by Gasteiger charge is -2.31. The van der Waals surface area contributed by atoms with E-state index in [1.807, 2.05) is 31.2 Å². The van der Waals surface area contributed by atoms with Crippen molar-refractivity contribution in [3.8, 4) is 0 Å². The average molecular weight is 311 g/mol. The number of hydrogen-bond donors (Lipinski definition) is 3. The molecule has 1 amide bonds. The Kier molecular flexibility index (Phi) is 4.84. The van der Waals surface area contributed by atoms with Crippen LogP contribution in [-0.4, -0.2) is 39.7 Å². The van der Waals surface area contributed by atoms with Gasteiger partial charge in [0.25, 0.3) is 0 Å². The fourth-order valence-corrected chi connectivity index (χ4v) is 2.94. The van der Waals surface area contributed by atoms with Crippen LogP contribution >= 0.6 is 0 Å². The van der Waals surface area contributed by atoms with Crippen LogP contribution in [0, 0.1) is 5.92 Å². The molecule has 2 unspecified atom stereocenters. The summed E-state index contributed by atoms with van der Waals surface area (Å²) in [5, 5.41) is 6.11. The number of hydrogen-bond acceptors (Lipinski definition) is 4. The SMILES string of the molecule is CC1Nc2ccccc2CC1C(=O)NCCNS(C)(=O)=O. The summed E-state index contributed by atoms with van der Waals surface area (Å²) in [5.41, 5.74) is 2.21. The second-order valence-electron chi connectivity index (χ2n) is 5.36. The summed E-state index contributed by atoms with van der Waals surface area (Å²) in [6.45, 7) is 2.47. The third kappa shape index (κ3) is 4.44. The van der Waals surface area contributed by atoms with Crippen molar-refractivity contribution in [1.82, 2.24) is 10.0 Å². The minimum Gasteiger partial charge on any atom is -0.382 e. The number of rotatable bonds is 5. The van der Waals surface area contributed by atoms with Crippen molar-refractivity contribution in [2.75, 3.05) is 24.7 Å². The van der Waals surface area contributed by atoms with Gasteiger partial charge in [-0.1, -0.05) is 18.2 Å². The van der Waals surface area contributed by atoms with E-state index in [0.29, 0.717) is 6.42 Å². The molecule has 1 heterocycles. The number of amides is 1. The maximum atomic E-state index is 12.2. The molecule has 0 saturated carbocycles. The molecule has 1 aromatic rings. The van der Waals surface area contributed by atoms with Crippen LogP contribution in [0.25, 0.3) is 0 Å². The van der Waals surface area contributed by atoms with Gasteiger partial charge in [-0.3, -0.25) is 4.79 Å². The van der Waals surface area contributed by atoms with Crippen LogP contribution in [0.4, 0.5) is 5.69 Å². The number of carbonyl (C=O) groups is 1. The molecule has 0 spiro atoms. The summed E-state index contributed by atoms with van der Waals surface area (Å²) in [7, 11) is -3.21. The minimum atomic E-state index is -3.21. The third-order valence-electron chi connectivity index (χ3n) is 3.57. The predicted octanol–water partition coefficient (Wildman–Crippen LogP) is 0.325. The van der Waals surface area contributed by atoms with Crippen molar-refractivity contribution in [1.29, 1.82) is 0 Å². The first-order chi connectivity index (χ1) is 9.87. The lowest BCUT2D eigenvalue weighted by molar-refractivity contribution is -0.125. The van der Waals surface area contributed by atoms with E-state index in [4.69, 9.17) is 0 Å². The van der Waals surface area contributed by atoms with Gasteiger partial charge in [0.05, 0.1) is 12.2 Å². The summed E-state index contributed by atoms with van der Waals surface area (Å²) in [4.78, 5) is 12.2. The van der Waals surface area contributed by atoms with E-state index in [-0.39, 0.29) is 31.0 Å². The van der Waals surface area contributed by atoms with Gasteiger partial charge >= 0.3 is 0 Å². The van der Waals surface area contributed by atoms with Gasteiger partial charge in [0.2, 0.25) is 15.9 Å². The Morgan fingerprint density at radius 2 is 2.05 bits per heavy atom. The first-order valence-electron chi connectivity index (χ1n) is 6.93. The van der Waals surface area contributed by atoms with Gasteiger partial charge in [-0.2, -0.15) is 0 Å². The zero-order chi connectivity index (χ0) is 15.5. The number of para-hydroxylation sites is 1. The van der Waals surface area contributed by atoms with E-state index in [1.165, 1.54) is 0 Å². The maximum Gasteiger partial charge on any atom is 0.225 e. The summed E-state index contributed by atoms with van der Waals surface area (Å²) < 4.78 is 24.2. The monoisotopic (exact) mass is 311 g/mol. The zero-order valence-corrected chi connectivity index (χ0v) is 13.0. The van der Waals surface area contributed by atoms with Crippen molar-refractivity contribution in [3.05, 3.63) is 29.8 Å². The van der Waals surface area contributed by atoms with Gasteiger partial charge in [-0.25, -0.2) is 13.1 Å². The Morgan fingerprint density at radius 3 is 2.76 bits per heavy atom. The molecule has 116 valence electrons. The highest BCUT2D eigenvalue weighted by Gasteiger charge is 2.29. The first kappa shape index (κ1) is 15.8. The number of sulfonamides is 1. The molecule has 1 aliphatic rings. The molecule has 0 saturated heterocycles. The highest BCUT2D eigenvalue weighted by Crippen LogP contribution is 2.28. The summed E-state index contributed by atoms with van der Waals surface area (Å²) >= 11 is 0. The molecule has 2 rings (SSSR count). The van der Waals surface area contributed by atoms with E-state index in [9.17, 15) is 13.2 Å². The normalized spacial score (nSPS) is 21.2. The van der Waals surface area contributed by atoms with Gasteiger partial charge in [-0.15, -0.1) is 0 Å². The number of anilines is 1. The third-order valence-corrected chi connectivity index (χ3v) is 4.30. The topological polar surface area (TPSA) is 87.3 Å². The standard InChI is InChI=1S/C14H21N3O3S/c1-10-12(9-11-5-3-4-6-13(11)17-10)14(18)15-7-8-16-21(2,19)20/h3-6,10,12,16-17H,7-9H2,1-2H3,(H,15,18). The Hall–Kier alpha value is -1.60. The van der Waals surface area contributed by atoms with Crippen molar-refractivity contribution < 1.29 is 13.2 Å². The second kappa shape index (κ2) is 6.44. The number of nitrogens with one attached hydrogen (secondary N) is 3. The minimum absolute atomic E-state index is 0.0442. The van der Waals surface area contributed by atoms with Crippen LogP contribution in [0.15, 0.2) is 24.3 Å². The highest BCUT2D eigenvalue weighted by atomic mass is 32.2. The molecule has 21 heavy (non-hydrogen) atoms. The van der Waals surface area contributed by atoms with E-state index < -0.39 is 10.0 Å². The van der Waals surface area contributed by atoms with Gasteiger partial charge in [0.1, 0.15) is 0 Å². The van der Waals surface area contributed by atoms with Crippen molar-refractivity contribution >= 4 is 21.6 Å². The quantitative estimate of drug-likeness (QED) is 0.684. The van der Waals surface area contributed by atoms with Crippen LogP contribution in [0.2, 0.25) is 0 Å². The molecule has 0 radical (unpaired) electrons. The van der Waals surface area contributed by atoms with E-state index >= 15 is 0 Å². The smallest absolute Gasteiger partial charge is 0.225 e. The van der Waals surface area contributed by atoms with Gasteiger partial charge in [0.15, 0.2) is 0 Å². The summed E-state index contributed by atoms with van der Waals surface area (Å²) in [5.74, 6) is -0.210. The van der Waals surface area contributed by atoms with Crippen LogP contribution in [-0.2, 0) is 21.2 Å². The molecule has 1 aliphatic heterocycles. The van der Waals surface area contributed by atoms with Crippen LogP contribution in [0.1, 0.15) is 12.5 Å². The lowest BCUT2D eigenvalue weighted by Crippen LogP contribution is -2.45. The van der Waals surface area contributed by atoms with Crippen molar-refractivity contribution in [2.45, 2.75) is 19.4 Å². The van der Waals surface area contributed by atoms with Crippen LogP contribution < -0.4 is 15.4 Å². The highest BCUT2D eigenvalue weighted by molar-refractivity contribution is 7.88. The zero-order valence-electron chi connectivity index (χ0n) is 12.2. The van der Waals surface area contributed by atoms with Crippen molar-refractivity contribution in [3.63, 3.8) is 0 Å². The molecular weight excluding hydrogens is 290 g/mol. The molecule has 0 bridgehead atoms. The molecule has 6 nitrogen and oxygen atoms in total. The first-order valence-corrected chi connectivity index (χ1v) is 8.83. The Balaban J connectivity index is 1.88. The largest absolute Gasteiger partial charge is 0.382 e. The maximum absolute atomic E-state index is 12.2. The molecule has 0 aromatic heterocycles. The summed E-state index contributed by atoms with van der Waals surface area (Å²) in [6.07, 6.45) is 1.79. The van der Waals surface area contributed by atoms with Crippen LogP contribution in [0.5, 0.6) is 0 Å². The number of benzene rings is 1. The Labute approximate surface area is 125 Å².